The lowest BCUT2D eigenvalue weighted by Gasteiger charge is -1.98. The second kappa shape index (κ2) is 5.29. The van der Waals surface area contributed by atoms with E-state index in [0.29, 0.717) is 11.8 Å². The van der Waals surface area contributed by atoms with Gasteiger partial charge in [-0.15, -0.1) is 12.4 Å². The lowest BCUT2D eigenvalue weighted by molar-refractivity contribution is 0.417. The van der Waals surface area contributed by atoms with E-state index in [9.17, 15) is 0 Å². The maximum atomic E-state index is 5.27. The molecule has 1 saturated heterocycles. The second-order valence-electron chi connectivity index (χ2n) is 4.01. The minimum absolute atomic E-state index is 0. The van der Waals surface area contributed by atoms with E-state index in [4.69, 9.17) is 4.52 Å². The van der Waals surface area contributed by atoms with Gasteiger partial charge in [-0.25, -0.2) is 0 Å². The summed E-state index contributed by atoms with van der Waals surface area (Å²) < 4.78 is 5.27. The average molecular weight is 252 g/mol. The number of hydrogen-bond donors (Lipinski definition) is 1. The molecule has 0 radical (unpaired) electrons. The van der Waals surface area contributed by atoms with Crippen molar-refractivity contribution in [2.75, 3.05) is 13.1 Å². The molecule has 0 aliphatic carbocycles. The van der Waals surface area contributed by atoms with Gasteiger partial charge in [-0.1, -0.05) is 23.4 Å². The summed E-state index contributed by atoms with van der Waals surface area (Å²) in [7, 11) is 0. The third-order valence-corrected chi connectivity index (χ3v) is 2.89. The monoisotopic (exact) mass is 251 g/mol. The van der Waals surface area contributed by atoms with Crippen molar-refractivity contribution in [2.24, 2.45) is 0 Å². The highest BCUT2D eigenvalue weighted by atomic mass is 35.5. The van der Waals surface area contributed by atoms with Gasteiger partial charge >= 0.3 is 0 Å². The van der Waals surface area contributed by atoms with Gasteiger partial charge in [0.1, 0.15) is 0 Å². The molecule has 17 heavy (non-hydrogen) atoms. The first kappa shape index (κ1) is 12.1. The number of nitrogens with one attached hydrogen (secondary N) is 1. The van der Waals surface area contributed by atoms with Crippen LogP contribution < -0.4 is 5.32 Å². The quantitative estimate of drug-likeness (QED) is 0.889. The molecule has 1 atom stereocenters. The highest BCUT2D eigenvalue weighted by molar-refractivity contribution is 5.85. The van der Waals surface area contributed by atoms with Gasteiger partial charge in [0.05, 0.1) is 0 Å². The first-order valence-corrected chi connectivity index (χ1v) is 5.53. The standard InChI is InChI=1S/C12H13N3O.ClH/c1-2-4-9(5-3-1)12-14-11(15-16-12)10-6-7-13-8-10;/h1-5,10,13H,6-8H2;1H. The summed E-state index contributed by atoms with van der Waals surface area (Å²) in [6.45, 7) is 1.99. The lowest BCUT2D eigenvalue weighted by atomic mass is 10.1. The highest BCUT2D eigenvalue weighted by Gasteiger charge is 2.22. The van der Waals surface area contributed by atoms with E-state index in [1.807, 2.05) is 30.3 Å². The summed E-state index contributed by atoms with van der Waals surface area (Å²) in [6, 6.07) is 9.86. The molecule has 0 amide bonds. The third-order valence-electron chi connectivity index (χ3n) is 2.89. The van der Waals surface area contributed by atoms with Crippen molar-refractivity contribution in [3.63, 3.8) is 0 Å². The summed E-state index contributed by atoms with van der Waals surface area (Å²) in [4.78, 5) is 4.44. The van der Waals surface area contributed by atoms with Crippen molar-refractivity contribution < 1.29 is 4.52 Å². The van der Waals surface area contributed by atoms with Crippen LogP contribution in [0, 0.1) is 0 Å². The molecule has 1 aromatic heterocycles. The van der Waals surface area contributed by atoms with Crippen molar-refractivity contribution in [3.8, 4) is 11.5 Å². The van der Waals surface area contributed by atoms with Crippen LogP contribution in [-0.2, 0) is 0 Å². The van der Waals surface area contributed by atoms with E-state index < -0.39 is 0 Å². The lowest BCUT2D eigenvalue weighted by Crippen LogP contribution is -2.08. The van der Waals surface area contributed by atoms with Crippen LogP contribution in [-0.4, -0.2) is 23.2 Å². The Labute approximate surface area is 106 Å². The Kier molecular flexibility index (Phi) is 3.76. The van der Waals surface area contributed by atoms with Crippen LogP contribution >= 0.6 is 12.4 Å². The van der Waals surface area contributed by atoms with Crippen LogP contribution in [0.3, 0.4) is 0 Å². The highest BCUT2D eigenvalue weighted by Crippen LogP contribution is 2.23. The molecule has 1 N–H and O–H groups in total. The topological polar surface area (TPSA) is 51.0 Å². The van der Waals surface area contributed by atoms with Gasteiger partial charge in [-0.2, -0.15) is 4.98 Å². The molecule has 2 aromatic rings. The third kappa shape index (κ3) is 2.48. The zero-order chi connectivity index (χ0) is 10.8. The summed E-state index contributed by atoms with van der Waals surface area (Å²) in [5, 5.41) is 7.35. The van der Waals surface area contributed by atoms with Crippen LogP contribution in [0.15, 0.2) is 34.9 Å². The first-order valence-electron chi connectivity index (χ1n) is 5.53. The van der Waals surface area contributed by atoms with Crippen LogP contribution in [0.5, 0.6) is 0 Å². The molecule has 3 rings (SSSR count). The minimum atomic E-state index is 0. The Balaban J connectivity index is 0.00000108. The SMILES string of the molecule is Cl.c1ccc(-c2nc(C3CCNC3)no2)cc1. The molecule has 0 bridgehead atoms. The molecule has 4 nitrogen and oxygen atoms in total. The van der Waals surface area contributed by atoms with E-state index in [-0.39, 0.29) is 12.4 Å². The predicted molar refractivity (Wildman–Crippen MR) is 67.2 cm³/mol. The van der Waals surface area contributed by atoms with Gasteiger partial charge in [-0.3, -0.25) is 0 Å². The fourth-order valence-corrected chi connectivity index (χ4v) is 1.97. The molecule has 1 unspecified atom stereocenters. The maximum Gasteiger partial charge on any atom is 0.257 e. The van der Waals surface area contributed by atoms with Crippen LogP contribution in [0.2, 0.25) is 0 Å². The normalized spacial score (nSPS) is 18.9. The number of hydrogen-bond acceptors (Lipinski definition) is 4. The maximum absolute atomic E-state index is 5.27. The van der Waals surface area contributed by atoms with Gasteiger partial charge in [0.2, 0.25) is 0 Å². The van der Waals surface area contributed by atoms with Crippen molar-refractivity contribution >= 4 is 12.4 Å². The van der Waals surface area contributed by atoms with Gasteiger partial charge < -0.3 is 9.84 Å². The van der Waals surface area contributed by atoms with Crippen LogP contribution in [0.25, 0.3) is 11.5 Å². The van der Waals surface area contributed by atoms with Gasteiger partial charge in [0.25, 0.3) is 5.89 Å². The predicted octanol–water partition coefficient (Wildman–Crippen LogP) is 2.24. The number of nitrogens with zero attached hydrogens (tertiary/aromatic N) is 2. The van der Waals surface area contributed by atoms with E-state index in [1.54, 1.807) is 0 Å². The van der Waals surface area contributed by atoms with Crippen molar-refractivity contribution in [1.29, 1.82) is 0 Å². The summed E-state index contributed by atoms with van der Waals surface area (Å²) in [5.74, 6) is 1.84. The van der Waals surface area contributed by atoms with Gasteiger partial charge in [-0.05, 0) is 25.1 Å². The molecule has 90 valence electrons. The molecular weight excluding hydrogens is 238 g/mol. The van der Waals surface area contributed by atoms with E-state index in [2.05, 4.69) is 15.5 Å². The Morgan fingerprint density at radius 3 is 2.76 bits per heavy atom. The minimum Gasteiger partial charge on any atom is -0.334 e. The van der Waals surface area contributed by atoms with Crippen molar-refractivity contribution in [1.82, 2.24) is 15.5 Å². The molecule has 5 heteroatoms. The second-order valence-corrected chi connectivity index (χ2v) is 4.01. The summed E-state index contributed by atoms with van der Waals surface area (Å²) in [6.07, 6.45) is 1.09. The molecule has 2 heterocycles. The summed E-state index contributed by atoms with van der Waals surface area (Å²) in [5.41, 5.74) is 0.979. The first-order chi connectivity index (χ1) is 7.93. The number of rotatable bonds is 2. The van der Waals surface area contributed by atoms with Gasteiger partial charge in [0.15, 0.2) is 5.82 Å². The Morgan fingerprint density at radius 1 is 1.24 bits per heavy atom. The largest absolute Gasteiger partial charge is 0.334 e. The van der Waals surface area contributed by atoms with E-state index >= 15 is 0 Å². The number of aromatic nitrogens is 2. The Hall–Kier alpha value is -1.39. The Morgan fingerprint density at radius 2 is 2.06 bits per heavy atom. The molecule has 1 aliphatic rings. The van der Waals surface area contributed by atoms with E-state index in [1.165, 1.54) is 0 Å². The smallest absolute Gasteiger partial charge is 0.257 e. The van der Waals surface area contributed by atoms with Crippen LogP contribution in [0.1, 0.15) is 18.2 Å². The fraction of sp³-hybridized carbons (Fsp3) is 0.333. The number of halogens is 1. The zero-order valence-corrected chi connectivity index (χ0v) is 10.1. The van der Waals surface area contributed by atoms with E-state index in [0.717, 1.165) is 30.9 Å². The molecule has 1 fully saturated rings. The molecule has 0 spiro atoms. The number of benzene rings is 1. The van der Waals surface area contributed by atoms with Gasteiger partial charge in [0, 0.05) is 18.0 Å². The molecule has 1 aromatic carbocycles. The van der Waals surface area contributed by atoms with Crippen LogP contribution in [0.4, 0.5) is 0 Å². The molecular formula is C12H14ClN3O. The van der Waals surface area contributed by atoms with Crippen molar-refractivity contribution in [3.05, 3.63) is 36.2 Å². The molecule has 0 saturated carbocycles. The Bertz CT molecular complexity index is 466. The molecule has 1 aliphatic heterocycles. The average Bonchev–Trinajstić information content (AvgIpc) is 3.01. The zero-order valence-electron chi connectivity index (χ0n) is 9.30. The summed E-state index contributed by atoms with van der Waals surface area (Å²) >= 11 is 0. The van der Waals surface area contributed by atoms with Crippen molar-refractivity contribution in [2.45, 2.75) is 12.3 Å². The fourth-order valence-electron chi connectivity index (χ4n) is 1.97.